The minimum absolute atomic E-state index is 0.0693. The van der Waals surface area contributed by atoms with E-state index < -0.39 is 0 Å². The number of nitrogens with zero attached hydrogens (tertiary/aromatic N) is 4. The van der Waals surface area contributed by atoms with Crippen LogP contribution in [0.3, 0.4) is 0 Å². The number of rotatable bonds is 5. The lowest BCUT2D eigenvalue weighted by Gasteiger charge is -2.32. The topological polar surface area (TPSA) is 51.1 Å². The van der Waals surface area contributed by atoms with Crippen molar-refractivity contribution >= 4 is 48.5 Å². The van der Waals surface area contributed by atoms with Gasteiger partial charge in [0.05, 0.1) is 6.04 Å². The Morgan fingerprint density at radius 3 is 2.16 bits per heavy atom. The van der Waals surface area contributed by atoms with E-state index in [-0.39, 0.29) is 17.9 Å². The lowest BCUT2D eigenvalue weighted by atomic mass is 9.75. The molecule has 0 amide bonds. The first-order valence-electron chi connectivity index (χ1n) is 19.5. The van der Waals surface area contributed by atoms with Crippen molar-refractivity contribution < 1.29 is 4.74 Å². The number of ether oxygens (including phenoxy) is 1. The maximum atomic E-state index is 6.67. The summed E-state index contributed by atoms with van der Waals surface area (Å²) in [5.74, 6) is 4.21. The number of benzene rings is 6. The molecule has 3 unspecified atom stereocenters. The number of para-hydroxylation sites is 2. The molecule has 0 spiro atoms. The van der Waals surface area contributed by atoms with Crippen LogP contribution in [-0.2, 0) is 4.74 Å². The van der Waals surface area contributed by atoms with Gasteiger partial charge in [0.2, 0.25) is 0 Å². The number of hydrogen-bond acceptors (Lipinski definition) is 6. The van der Waals surface area contributed by atoms with Crippen molar-refractivity contribution in [1.82, 2.24) is 15.0 Å². The Hall–Kier alpha value is -6.89. The molecule has 0 radical (unpaired) electrons. The van der Waals surface area contributed by atoms with E-state index >= 15 is 0 Å². The van der Waals surface area contributed by atoms with E-state index in [1.807, 2.05) is 17.4 Å². The zero-order valence-electron chi connectivity index (χ0n) is 30.8. The number of anilines is 2. The number of fused-ring (bicyclic) bond motifs is 9. The van der Waals surface area contributed by atoms with E-state index in [2.05, 4.69) is 175 Å². The molecule has 2 aliphatic heterocycles. The third kappa shape index (κ3) is 5.25. The molecule has 3 atom stereocenters. The van der Waals surface area contributed by atoms with E-state index in [4.69, 9.17) is 19.7 Å². The summed E-state index contributed by atoms with van der Waals surface area (Å²) in [6.45, 7) is 0. The monoisotopic (exact) mass is 750 g/mol. The Labute approximate surface area is 334 Å². The zero-order chi connectivity index (χ0) is 37.5. The number of thiophene rings is 1. The van der Waals surface area contributed by atoms with Crippen molar-refractivity contribution in [3.05, 3.63) is 204 Å². The molecule has 6 heteroatoms. The fourth-order valence-electron chi connectivity index (χ4n) is 9.29. The molecular formula is C51H34N4OS. The highest BCUT2D eigenvalue weighted by atomic mass is 32.1. The molecule has 0 saturated carbocycles. The molecule has 57 heavy (non-hydrogen) atoms. The summed E-state index contributed by atoms with van der Waals surface area (Å²) in [5, 5.41) is 2.47. The van der Waals surface area contributed by atoms with Gasteiger partial charge in [0.15, 0.2) is 17.5 Å². The Morgan fingerprint density at radius 2 is 1.28 bits per heavy atom. The van der Waals surface area contributed by atoms with Crippen LogP contribution in [0.15, 0.2) is 193 Å². The van der Waals surface area contributed by atoms with Crippen LogP contribution in [0, 0.1) is 5.92 Å². The van der Waals surface area contributed by atoms with E-state index in [1.165, 1.54) is 42.7 Å². The van der Waals surface area contributed by atoms with Crippen LogP contribution < -0.4 is 4.90 Å². The van der Waals surface area contributed by atoms with Gasteiger partial charge >= 0.3 is 0 Å². The van der Waals surface area contributed by atoms with Gasteiger partial charge in [-0.15, -0.1) is 11.3 Å². The average molecular weight is 751 g/mol. The average Bonchev–Trinajstić information content (AvgIpc) is 3.96. The number of hydrogen-bond donors (Lipinski definition) is 0. The number of allylic oxidation sites excluding steroid dienone is 5. The van der Waals surface area contributed by atoms with Gasteiger partial charge in [-0.25, -0.2) is 15.0 Å². The molecule has 0 N–H and O–H groups in total. The van der Waals surface area contributed by atoms with Crippen LogP contribution in [0.4, 0.5) is 11.4 Å². The first-order chi connectivity index (χ1) is 28.2. The van der Waals surface area contributed by atoms with E-state index in [0.717, 1.165) is 45.8 Å². The van der Waals surface area contributed by atoms with Crippen LogP contribution in [0.25, 0.3) is 59.6 Å². The summed E-state index contributed by atoms with van der Waals surface area (Å²) in [6.07, 6.45) is 9.55. The van der Waals surface area contributed by atoms with Gasteiger partial charge in [-0.1, -0.05) is 115 Å². The summed E-state index contributed by atoms with van der Waals surface area (Å²) in [6, 6.07) is 54.0. The molecule has 8 aromatic rings. The van der Waals surface area contributed by atoms with Crippen molar-refractivity contribution in [2.24, 2.45) is 5.92 Å². The summed E-state index contributed by atoms with van der Waals surface area (Å²) >= 11 is 1.82. The van der Waals surface area contributed by atoms with Crippen LogP contribution >= 0.6 is 11.3 Å². The fraction of sp³-hybridized carbons (Fsp3) is 0.0784. The highest BCUT2D eigenvalue weighted by Gasteiger charge is 2.48. The van der Waals surface area contributed by atoms with Crippen molar-refractivity contribution in [3.8, 4) is 33.9 Å². The SMILES string of the molecule is C1=CC2C(C3=C1OC1=CC=C(c4nc(-c5cccc(-c6ccccc6)c5)nc(-c5ccc6sc7ccccc7c6c5)n4)CC13)c1ccccc1N2c1ccccc1. The van der Waals surface area contributed by atoms with E-state index in [9.17, 15) is 0 Å². The maximum Gasteiger partial charge on any atom is 0.164 e. The van der Waals surface area contributed by atoms with Crippen molar-refractivity contribution in [3.63, 3.8) is 0 Å². The van der Waals surface area contributed by atoms with E-state index in [0.29, 0.717) is 17.5 Å². The Morgan fingerprint density at radius 1 is 0.579 bits per heavy atom. The van der Waals surface area contributed by atoms with Crippen LogP contribution in [0.5, 0.6) is 0 Å². The van der Waals surface area contributed by atoms with Crippen LogP contribution in [0.2, 0.25) is 0 Å². The molecule has 12 rings (SSSR count). The minimum atomic E-state index is 0.0693. The van der Waals surface area contributed by atoms with Crippen molar-refractivity contribution in [2.75, 3.05) is 4.90 Å². The lowest BCUT2D eigenvalue weighted by molar-refractivity contribution is 0.317. The highest BCUT2D eigenvalue weighted by molar-refractivity contribution is 7.25. The smallest absolute Gasteiger partial charge is 0.164 e. The van der Waals surface area contributed by atoms with Gasteiger partial charge in [-0.05, 0) is 94.9 Å². The summed E-state index contributed by atoms with van der Waals surface area (Å²) in [5.41, 5.74) is 10.4. The van der Waals surface area contributed by atoms with Gasteiger partial charge in [0, 0.05) is 54.5 Å². The van der Waals surface area contributed by atoms with Crippen molar-refractivity contribution in [1.29, 1.82) is 0 Å². The molecule has 2 aliphatic carbocycles. The second-order valence-corrected chi connectivity index (χ2v) is 16.2. The first-order valence-corrected chi connectivity index (χ1v) is 20.3. The molecule has 6 aromatic carbocycles. The molecule has 2 aromatic heterocycles. The predicted molar refractivity (Wildman–Crippen MR) is 232 cm³/mol. The molecule has 0 bridgehead atoms. The molecule has 4 aliphatic rings. The largest absolute Gasteiger partial charge is 0.461 e. The molecule has 270 valence electrons. The molecule has 0 saturated heterocycles. The first kappa shape index (κ1) is 32.4. The van der Waals surface area contributed by atoms with Gasteiger partial charge < -0.3 is 9.64 Å². The number of aromatic nitrogens is 3. The zero-order valence-corrected chi connectivity index (χ0v) is 31.6. The van der Waals surface area contributed by atoms with Crippen LogP contribution in [0.1, 0.15) is 23.7 Å². The van der Waals surface area contributed by atoms with E-state index in [1.54, 1.807) is 0 Å². The standard InChI is InChI=1S/C51H34N4OS/c1-3-12-31(13-4-1)32-14-11-15-33(28-32)49-52-50(54-51(53-49)35-23-27-46-39(29-35)37-18-8-10-21-45(37)57-46)34-22-25-43-40(30-34)48-44(56-43)26-24-42-47(48)38-19-7-9-20-41(38)55(42)36-16-5-2-6-17-36/h1-29,40,42,47H,30H2. The van der Waals surface area contributed by atoms with Crippen molar-refractivity contribution in [2.45, 2.75) is 18.4 Å². The lowest BCUT2D eigenvalue weighted by Crippen LogP contribution is -2.32. The Bertz CT molecular complexity index is 3050. The molecule has 5 nitrogen and oxygen atoms in total. The highest BCUT2D eigenvalue weighted by Crippen LogP contribution is 2.57. The van der Waals surface area contributed by atoms with Gasteiger partial charge in [-0.2, -0.15) is 0 Å². The van der Waals surface area contributed by atoms with Crippen LogP contribution in [-0.4, -0.2) is 21.0 Å². The fourth-order valence-corrected chi connectivity index (χ4v) is 10.4. The Balaban J connectivity index is 0.964. The summed E-state index contributed by atoms with van der Waals surface area (Å²) in [7, 11) is 0. The third-order valence-electron chi connectivity index (χ3n) is 11.9. The Kier molecular flexibility index (Phi) is 7.29. The quantitative estimate of drug-likeness (QED) is 0.175. The molecule has 0 fully saturated rings. The summed E-state index contributed by atoms with van der Waals surface area (Å²) < 4.78 is 9.19. The maximum absolute atomic E-state index is 6.67. The minimum Gasteiger partial charge on any atom is -0.461 e. The van der Waals surface area contributed by atoms with Gasteiger partial charge in [0.1, 0.15) is 11.5 Å². The van der Waals surface area contributed by atoms with Gasteiger partial charge in [-0.3, -0.25) is 0 Å². The van der Waals surface area contributed by atoms with Gasteiger partial charge in [0.25, 0.3) is 0 Å². The molecule has 4 heterocycles. The summed E-state index contributed by atoms with van der Waals surface area (Å²) in [4.78, 5) is 18.2. The second kappa shape index (κ2) is 12.8. The predicted octanol–water partition coefficient (Wildman–Crippen LogP) is 12.7. The third-order valence-corrected chi connectivity index (χ3v) is 13.0. The normalized spacial score (nSPS) is 19.2. The second-order valence-electron chi connectivity index (χ2n) is 15.1. The molecular weight excluding hydrogens is 717 g/mol.